The van der Waals surface area contributed by atoms with Crippen LogP contribution in [-0.4, -0.2) is 18.2 Å². The van der Waals surface area contributed by atoms with Crippen LogP contribution in [-0.2, 0) is 9.53 Å². The van der Waals surface area contributed by atoms with Crippen molar-refractivity contribution in [3.63, 3.8) is 0 Å². The van der Waals surface area contributed by atoms with Gasteiger partial charge >= 0.3 is 57.4 Å². The molecule has 0 aromatic heterocycles. The molecule has 42 valence electrons. The van der Waals surface area contributed by atoms with E-state index in [4.69, 9.17) is 5.11 Å². The third kappa shape index (κ3) is 4.80. The normalized spacial score (nSPS) is 6.62. The average molecular weight is 142 g/mol. The topological polar surface area (TPSA) is 46.5 Å². The van der Waals surface area contributed by atoms with Gasteiger partial charge in [0.05, 0.1) is 7.11 Å². The van der Waals surface area contributed by atoms with Crippen LogP contribution in [0.4, 0.5) is 0 Å². The van der Waals surface area contributed by atoms with Crippen LogP contribution in [0.3, 0.4) is 0 Å². The summed E-state index contributed by atoms with van der Waals surface area (Å²) in [6.07, 6.45) is 0. The van der Waals surface area contributed by atoms with Gasteiger partial charge < -0.3 is 11.3 Å². The van der Waals surface area contributed by atoms with Crippen molar-refractivity contribution in [3.8, 4) is 0 Å². The van der Waals surface area contributed by atoms with Crippen molar-refractivity contribution in [1.82, 2.24) is 0 Å². The minimum atomic E-state index is -1.12. The van der Waals surface area contributed by atoms with E-state index in [1.807, 2.05) is 0 Å². The Morgan fingerprint density at radius 2 is 2.25 bits per heavy atom. The second kappa shape index (κ2) is 5.78. The Labute approximate surface area is 91.6 Å². The molecule has 0 rings (SSSR count). The van der Waals surface area contributed by atoms with Gasteiger partial charge in [0.25, 0.3) is 0 Å². The number of hydrogen-bond donors (Lipinski definition) is 1. The zero-order valence-corrected chi connectivity index (χ0v) is 8.09. The Balaban J connectivity index is -0.000000180. The SMILES string of the molecule is C=C(OC)C(=O)O.[H-].[K+]. The molecule has 0 amide bonds. The van der Waals surface area contributed by atoms with Crippen LogP contribution < -0.4 is 51.4 Å². The van der Waals surface area contributed by atoms with Crippen molar-refractivity contribution in [1.29, 1.82) is 0 Å². The molecule has 1 N–H and O–H groups in total. The van der Waals surface area contributed by atoms with E-state index in [2.05, 4.69) is 11.3 Å². The van der Waals surface area contributed by atoms with Crippen molar-refractivity contribution < 1.29 is 67.4 Å². The number of aliphatic carboxylic acids is 1. The second-order valence-electron chi connectivity index (χ2n) is 0.932. The third-order valence-electron chi connectivity index (χ3n) is 0.485. The maximum atomic E-state index is 9.71. The van der Waals surface area contributed by atoms with Crippen LogP contribution in [0.15, 0.2) is 12.3 Å². The van der Waals surface area contributed by atoms with Gasteiger partial charge in [-0.05, 0) is 6.58 Å². The Kier molecular flexibility index (Phi) is 8.26. The third-order valence-corrected chi connectivity index (χ3v) is 0.485. The molecule has 0 saturated carbocycles. The fraction of sp³-hybridized carbons (Fsp3) is 0.250. The Hall–Kier alpha value is 0.646. The monoisotopic (exact) mass is 142 g/mol. The van der Waals surface area contributed by atoms with Gasteiger partial charge in [-0.3, -0.25) is 0 Å². The number of carbonyl (C=O) groups is 1. The molecule has 0 heterocycles. The van der Waals surface area contributed by atoms with Crippen LogP contribution in [0.25, 0.3) is 0 Å². The zero-order chi connectivity index (χ0) is 5.86. The van der Waals surface area contributed by atoms with Crippen molar-refractivity contribution in [2.45, 2.75) is 0 Å². The molecule has 0 aromatic carbocycles. The summed E-state index contributed by atoms with van der Waals surface area (Å²) in [6.45, 7) is 3.05. The van der Waals surface area contributed by atoms with Crippen molar-refractivity contribution in [3.05, 3.63) is 12.3 Å². The molecule has 0 aliphatic rings. The number of ether oxygens (including phenoxy) is 1. The predicted octanol–water partition coefficient (Wildman–Crippen LogP) is -2.65. The molecule has 0 bridgehead atoms. The minimum Gasteiger partial charge on any atom is -1.00 e. The first-order valence-corrected chi connectivity index (χ1v) is 1.64. The van der Waals surface area contributed by atoms with Crippen LogP contribution >= 0.6 is 0 Å². The zero-order valence-electron chi connectivity index (χ0n) is 5.97. The first-order valence-electron chi connectivity index (χ1n) is 1.64. The summed E-state index contributed by atoms with van der Waals surface area (Å²) in [5, 5.41) is 7.96. The van der Waals surface area contributed by atoms with Gasteiger partial charge in [-0.25, -0.2) is 4.79 Å². The quantitative estimate of drug-likeness (QED) is 0.260. The number of methoxy groups -OCH3 is 1. The van der Waals surface area contributed by atoms with Gasteiger partial charge in [0.1, 0.15) is 0 Å². The molecular weight excluding hydrogens is 135 g/mol. The minimum absolute atomic E-state index is 0. The van der Waals surface area contributed by atoms with Crippen molar-refractivity contribution >= 4 is 5.97 Å². The summed E-state index contributed by atoms with van der Waals surface area (Å²) >= 11 is 0. The fourth-order valence-corrected chi connectivity index (χ4v) is 0.0873. The van der Waals surface area contributed by atoms with Crippen LogP contribution in [0.2, 0.25) is 0 Å². The maximum Gasteiger partial charge on any atom is 1.00 e. The molecule has 0 fully saturated rings. The van der Waals surface area contributed by atoms with Gasteiger partial charge in [-0.2, -0.15) is 0 Å². The molecule has 0 saturated heterocycles. The van der Waals surface area contributed by atoms with E-state index in [0.717, 1.165) is 0 Å². The number of hydrogen-bond acceptors (Lipinski definition) is 2. The van der Waals surface area contributed by atoms with Crippen LogP contribution in [0.1, 0.15) is 1.43 Å². The Morgan fingerprint density at radius 1 is 1.88 bits per heavy atom. The summed E-state index contributed by atoms with van der Waals surface area (Å²) in [6, 6.07) is 0. The number of carboxylic acid groups (broad SMARTS) is 1. The molecule has 3 nitrogen and oxygen atoms in total. The fourth-order valence-electron chi connectivity index (χ4n) is 0.0873. The molecule has 4 heteroatoms. The smallest absolute Gasteiger partial charge is 1.00 e. The number of carboxylic acids is 1. The van der Waals surface area contributed by atoms with Gasteiger partial charge in [0, 0.05) is 0 Å². The number of rotatable bonds is 2. The first-order chi connectivity index (χ1) is 3.18. The maximum absolute atomic E-state index is 9.71. The molecule has 0 aliphatic heterocycles. The molecular formula is C4H7KO3. The van der Waals surface area contributed by atoms with E-state index < -0.39 is 5.97 Å². The van der Waals surface area contributed by atoms with Crippen LogP contribution in [0.5, 0.6) is 0 Å². The summed E-state index contributed by atoms with van der Waals surface area (Å²) < 4.78 is 4.22. The summed E-state index contributed by atoms with van der Waals surface area (Å²) in [5.41, 5.74) is 0. The van der Waals surface area contributed by atoms with Crippen molar-refractivity contribution in [2.75, 3.05) is 7.11 Å². The molecule has 8 heavy (non-hydrogen) atoms. The largest absolute Gasteiger partial charge is 1.00 e. The van der Waals surface area contributed by atoms with E-state index in [-0.39, 0.29) is 58.6 Å². The van der Waals surface area contributed by atoms with E-state index in [1.54, 1.807) is 0 Å². The molecule has 0 atom stereocenters. The van der Waals surface area contributed by atoms with E-state index in [1.165, 1.54) is 7.11 Å². The Bertz CT molecular complexity index is 104. The summed E-state index contributed by atoms with van der Waals surface area (Å²) in [4.78, 5) is 9.71. The van der Waals surface area contributed by atoms with Crippen LogP contribution in [0, 0.1) is 0 Å². The van der Waals surface area contributed by atoms with E-state index >= 15 is 0 Å². The second-order valence-corrected chi connectivity index (χ2v) is 0.932. The van der Waals surface area contributed by atoms with E-state index in [9.17, 15) is 4.79 Å². The van der Waals surface area contributed by atoms with Crippen molar-refractivity contribution in [2.24, 2.45) is 0 Å². The molecule has 0 spiro atoms. The summed E-state index contributed by atoms with van der Waals surface area (Å²) in [7, 11) is 1.26. The van der Waals surface area contributed by atoms with Gasteiger partial charge in [-0.15, -0.1) is 0 Å². The van der Waals surface area contributed by atoms with E-state index in [0.29, 0.717) is 0 Å². The molecule has 0 unspecified atom stereocenters. The van der Waals surface area contributed by atoms with Gasteiger partial charge in [-0.1, -0.05) is 0 Å². The average Bonchev–Trinajstić information content (AvgIpc) is 1.65. The molecule has 0 aromatic rings. The van der Waals surface area contributed by atoms with Gasteiger partial charge in [0.2, 0.25) is 0 Å². The standard InChI is InChI=1S/C4H6O3.K.H/c1-3(7-2)4(5)6;;/h1H2,2H3,(H,5,6);;/q;+1;-1. The molecule has 0 aliphatic carbocycles. The molecule has 0 radical (unpaired) electrons. The Morgan fingerprint density at radius 3 is 2.25 bits per heavy atom. The predicted molar refractivity (Wildman–Crippen MR) is 24.9 cm³/mol. The first kappa shape index (κ1) is 11.4. The van der Waals surface area contributed by atoms with Gasteiger partial charge in [0.15, 0.2) is 5.76 Å². The summed E-state index contributed by atoms with van der Waals surface area (Å²) in [5.74, 6) is -1.36.